The SMILES string of the molecule is Cn1c(Nc2ccc(C(F)(F)F)cc2)nc2cc(Oc3ccnc(NC(=O)C4CCNCC4)c3)ccc21. The summed E-state index contributed by atoms with van der Waals surface area (Å²) in [5, 5.41) is 9.17. The summed E-state index contributed by atoms with van der Waals surface area (Å²) >= 11 is 0. The average molecular weight is 511 g/mol. The van der Waals surface area contributed by atoms with E-state index in [0.717, 1.165) is 43.6 Å². The summed E-state index contributed by atoms with van der Waals surface area (Å²) in [6, 6.07) is 13.5. The Kier molecular flexibility index (Phi) is 6.70. The lowest BCUT2D eigenvalue weighted by Crippen LogP contribution is -2.34. The maximum absolute atomic E-state index is 12.8. The Balaban J connectivity index is 1.29. The first-order valence-electron chi connectivity index (χ1n) is 11.8. The Hall–Kier alpha value is -4.12. The van der Waals surface area contributed by atoms with Gasteiger partial charge in [-0.1, -0.05) is 0 Å². The van der Waals surface area contributed by atoms with Crippen LogP contribution >= 0.6 is 0 Å². The first-order valence-corrected chi connectivity index (χ1v) is 11.8. The molecule has 8 nitrogen and oxygen atoms in total. The van der Waals surface area contributed by atoms with E-state index in [2.05, 4.69) is 25.9 Å². The summed E-state index contributed by atoms with van der Waals surface area (Å²) in [6.07, 6.45) is -1.23. The number of pyridine rings is 1. The summed E-state index contributed by atoms with van der Waals surface area (Å²) in [5.41, 5.74) is 1.23. The molecule has 3 N–H and O–H groups in total. The Bertz CT molecular complexity index is 1410. The highest BCUT2D eigenvalue weighted by Crippen LogP contribution is 2.32. The fourth-order valence-electron chi connectivity index (χ4n) is 4.22. The van der Waals surface area contributed by atoms with Crippen molar-refractivity contribution in [2.24, 2.45) is 13.0 Å². The number of nitrogens with one attached hydrogen (secondary N) is 3. The van der Waals surface area contributed by atoms with Crippen LogP contribution in [0.25, 0.3) is 11.0 Å². The van der Waals surface area contributed by atoms with E-state index in [1.165, 1.54) is 12.1 Å². The molecule has 0 radical (unpaired) electrons. The highest BCUT2D eigenvalue weighted by molar-refractivity contribution is 5.91. The van der Waals surface area contributed by atoms with E-state index in [-0.39, 0.29) is 11.8 Å². The maximum atomic E-state index is 12.8. The third-order valence-electron chi connectivity index (χ3n) is 6.25. The number of amides is 1. The number of aromatic nitrogens is 3. The highest BCUT2D eigenvalue weighted by atomic mass is 19.4. The molecule has 1 aliphatic rings. The second-order valence-electron chi connectivity index (χ2n) is 8.84. The van der Waals surface area contributed by atoms with Gasteiger partial charge in [0.2, 0.25) is 11.9 Å². The normalized spacial score (nSPS) is 14.5. The number of nitrogens with zero attached hydrogens (tertiary/aromatic N) is 3. The van der Waals surface area contributed by atoms with Crippen molar-refractivity contribution in [2.45, 2.75) is 19.0 Å². The molecular formula is C26H25F3N6O2. The van der Waals surface area contributed by atoms with Crippen LogP contribution in [0.15, 0.2) is 60.8 Å². The number of carbonyl (C=O) groups is 1. The summed E-state index contributed by atoms with van der Waals surface area (Å²) in [5.74, 6) is 1.85. The zero-order chi connectivity index (χ0) is 26.0. The number of halogens is 3. The van der Waals surface area contributed by atoms with Crippen LogP contribution in [0.2, 0.25) is 0 Å². The number of ether oxygens (including phenoxy) is 1. The number of alkyl halides is 3. The average Bonchev–Trinajstić information content (AvgIpc) is 3.18. The molecule has 0 bridgehead atoms. The number of imidazole rings is 1. The standard InChI is InChI=1S/C26H25F3N6O2/c1-35-22-7-6-19(14-21(22)33-25(35)32-18-4-2-17(3-5-18)26(27,28)29)37-20-10-13-31-23(15-20)34-24(36)16-8-11-30-12-9-16/h2-7,10,13-16,30H,8-9,11-12H2,1H3,(H,32,33)(H,31,34,36). The van der Waals surface area contributed by atoms with Crippen molar-refractivity contribution in [1.29, 1.82) is 0 Å². The van der Waals surface area contributed by atoms with Gasteiger partial charge in [-0.25, -0.2) is 9.97 Å². The van der Waals surface area contributed by atoms with Crippen molar-refractivity contribution in [3.63, 3.8) is 0 Å². The number of rotatable bonds is 6. The number of piperidine rings is 1. The molecule has 1 aliphatic heterocycles. The van der Waals surface area contributed by atoms with Crippen molar-refractivity contribution < 1.29 is 22.7 Å². The van der Waals surface area contributed by atoms with E-state index in [1.54, 1.807) is 35.0 Å². The first kappa shape index (κ1) is 24.6. The van der Waals surface area contributed by atoms with Crippen LogP contribution in [0.3, 0.4) is 0 Å². The van der Waals surface area contributed by atoms with E-state index in [4.69, 9.17) is 4.74 Å². The minimum absolute atomic E-state index is 0.0374. The zero-order valence-corrected chi connectivity index (χ0v) is 20.0. The van der Waals surface area contributed by atoms with Gasteiger partial charge in [0.15, 0.2) is 0 Å². The lowest BCUT2D eigenvalue weighted by Gasteiger charge is -2.21. The largest absolute Gasteiger partial charge is 0.457 e. The van der Waals surface area contributed by atoms with Gasteiger partial charge >= 0.3 is 6.18 Å². The van der Waals surface area contributed by atoms with Gasteiger partial charge in [-0.2, -0.15) is 13.2 Å². The predicted octanol–water partition coefficient (Wildman–Crippen LogP) is 5.46. The van der Waals surface area contributed by atoms with Gasteiger partial charge in [0.25, 0.3) is 0 Å². The Morgan fingerprint density at radius 2 is 1.78 bits per heavy atom. The van der Waals surface area contributed by atoms with Crippen LogP contribution in [0.1, 0.15) is 18.4 Å². The molecule has 5 rings (SSSR count). The molecule has 4 aromatic rings. The molecule has 1 saturated heterocycles. The second-order valence-corrected chi connectivity index (χ2v) is 8.84. The smallest absolute Gasteiger partial charge is 0.416 e. The van der Waals surface area contributed by atoms with Crippen LogP contribution in [0.4, 0.5) is 30.6 Å². The van der Waals surface area contributed by atoms with Crippen molar-refractivity contribution in [1.82, 2.24) is 19.9 Å². The van der Waals surface area contributed by atoms with Crippen LogP contribution < -0.4 is 20.7 Å². The van der Waals surface area contributed by atoms with Gasteiger partial charge in [0, 0.05) is 37.0 Å². The quantitative estimate of drug-likeness (QED) is 0.319. The zero-order valence-electron chi connectivity index (χ0n) is 20.0. The number of benzene rings is 2. The molecule has 1 fully saturated rings. The molecule has 0 unspecified atom stereocenters. The number of hydrogen-bond donors (Lipinski definition) is 3. The molecule has 192 valence electrons. The number of carbonyl (C=O) groups excluding carboxylic acids is 1. The Labute approximate surface area is 210 Å². The molecule has 11 heteroatoms. The van der Waals surface area contributed by atoms with Gasteiger partial charge < -0.3 is 25.3 Å². The van der Waals surface area contributed by atoms with E-state index in [1.807, 2.05) is 13.1 Å². The van der Waals surface area contributed by atoms with E-state index in [0.29, 0.717) is 34.5 Å². The van der Waals surface area contributed by atoms with Crippen LogP contribution in [-0.2, 0) is 18.0 Å². The third-order valence-corrected chi connectivity index (χ3v) is 6.25. The van der Waals surface area contributed by atoms with Crippen LogP contribution in [0, 0.1) is 5.92 Å². The van der Waals surface area contributed by atoms with Crippen molar-refractivity contribution in [3.05, 3.63) is 66.4 Å². The molecule has 0 atom stereocenters. The van der Waals surface area contributed by atoms with E-state index < -0.39 is 11.7 Å². The fourth-order valence-corrected chi connectivity index (χ4v) is 4.22. The van der Waals surface area contributed by atoms with E-state index in [9.17, 15) is 18.0 Å². The monoisotopic (exact) mass is 510 g/mol. The molecule has 0 aliphatic carbocycles. The van der Waals surface area contributed by atoms with Crippen LogP contribution in [-0.4, -0.2) is 33.5 Å². The van der Waals surface area contributed by atoms with Crippen LogP contribution in [0.5, 0.6) is 11.5 Å². The second kappa shape index (κ2) is 10.1. The molecule has 2 aromatic heterocycles. The number of fused-ring (bicyclic) bond motifs is 1. The number of aryl methyl sites for hydroxylation is 1. The summed E-state index contributed by atoms with van der Waals surface area (Å²) in [7, 11) is 1.81. The molecule has 3 heterocycles. The van der Waals surface area contributed by atoms with Crippen molar-refractivity contribution in [3.8, 4) is 11.5 Å². The molecular weight excluding hydrogens is 485 g/mol. The molecule has 0 spiro atoms. The first-order chi connectivity index (χ1) is 17.8. The minimum atomic E-state index is -4.39. The van der Waals surface area contributed by atoms with Gasteiger partial charge in [-0.05, 0) is 68.4 Å². The van der Waals surface area contributed by atoms with Crippen molar-refractivity contribution in [2.75, 3.05) is 23.7 Å². The number of hydrogen-bond acceptors (Lipinski definition) is 6. The molecule has 37 heavy (non-hydrogen) atoms. The molecule has 2 aromatic carbocycles. The molecule has 0 saturated carbocycles. The topological polar surface area (TPSA) is 93.1 Å². The Morgan fingerprint density at radius 3 is 2.51 bits per heavy atom. The van der Waals surface area contributed by atoms with Gasteiger partial charge in [-0.3, -0.25) is 4.79 Å². The van der Waals surface area contributed by atoms with Crippen molar-refractivity contribution >= 4 is 34.4 Å². The number of anilines is 3. The Morgan fingerprint density at radius 1 is 1.05 bits per heavy atom. The van der Waals surface area contributed by atoms with Gasteiger partial charge in [0.1, 0.15) is 17.3 Å². The predicted molar refractivity (Wildman–Crippen MR) is 134 cm³/mol. The minimum Gasteiger partial charge on any atom is -0.457 e. The van der Waals surface area contributed by atoms with E-state index >= 15 is 0 Å². The highest BCUT2D eigenvalue weighted by Gasteiger charge is 2.30. The van der Waals surface area contributed by atoms with Gasteiger partial charge in [0.05, 0.1) is 16.6 Å². The summed E-state index contributed by atoms with van der Waals surface area (Å²) in [4.78, 5) is 21.3. The van der Waals surface area contributed by atoms with Gasteiger partial charge in [-0.15, -0.1) is 0 Å². The maximum Gasteiger partial charge on any atom is 0.416 e. The summed E-state index contributed by atoms with van der Waals surface area (Å²) in [6.45, 7) is 1.65. The lowest BCUT2D eigenvalue weighted by atomic mass is 9.97. The third kappa shape index (κ3) is 5.67. The summed E-state index contributed by atoms with van der Waals surface area (Å²) < 4.78 is 46.3. The molecule has 1 amide bonds. The fraction of sp³-hybridized carbons (Fsp3) is 0.269. The lowest BCUT2D eigenvalue weighted by molar-refractivity contribution is -0.137.